The zero-order valence-electron chi connectivity index (χ0n) is 9.63. The van der Waals surface area contributed by atoms with Crippen molar-refractivity contribution < 1.29 is 4.74 Å². The van der Waals surface area contributed by atoms with Gasteiger partial charge in [0.25, 0.3) is 0 Å². The molecule has 2 aromatic carbocycles. The number of hydrogen-bond acceptors (Lipinski definition) is 2. The van der Waals surface area contributed by atoms with Crippen LogP contribution in [0.5, 0.6) is 5.75 Å². The third kappa shape index (κ3) is 2.85. The molecule has 0 heterocycles. The summed E-state index contributed by atoms with van der Waals surface area (Å²) in [6.07, 6.45) is -0.430. The third-order valence-electron chi connectivity index (χ3n) is 2.44. The lowest BCUT2D eigenvalue weighted by molar-refractivity contribution is 0.276. The van der Waals surface area contributed by atoms with Gasteiger partial charge in [-0.25, -0.2) is 0 Å². The maximum absolute atomic E-state index is 8.71. The summed E-state index contributed by atoms with van der Waals surface area (Å²) in [6, 6.07) is 19.9. The number of hydrogen-bond donors (Lipinski definition) is 0. The molecule has 17 heavy (non-hydrogen) atoms. The van der Waals surface area contributed by atoms with Gasteiger partial charge in [-0.2, -0.15) is 5.26 Å². The van der Waals surface area contributed by atoms with Gasteiger partial charge in [-0.3, -0.25) is 0 Å². The van der Waals surface area contributed by atoms with E-state index in [9.17, 15) is 0 Å². The molecule has 0 aromatic heterocycles. The van der Waals surface area contributed by atoms with Gasteiger partial charge >= 0.3 is 0 Å². The minimum absolute atomic E-state index is 0.430. The van der Waals surface area contributed by atoms with E-state index < -0.39 is 6.10 Å². The Labute approximate surface area is 101 Å². The molecule has 0 saturated carbocycles. The van der Waals surface area contributed by atoms with E-state index >= 15 is 0 Å². The van der Waals surface area contributed by atoms with E-state index in [2.05, 4.69) is 6.07 Å². The zero-order valence-corrected chi connectivity index (χ0v) is 9.63. The molecule has 0 spiro atoms. The Kier molecular flexibility index (Phi) is 3.42. The monoisotopic (exact) mass is 223 g/mol. The molecular formula is C15H13NO. The van der Waals surface area contributed by atoms with Crippen LogP contribution in [0.15, 0.2) is 54.6 Å². The highest BCUT2D eigenvalue weighted by atomic mass is 16.5. The average molecular weight is 223 g/mol. The zero-order chi connectivity index (χ0) is 12.1. The first kappa shape index (κ1) is 11.2. The number of rotatable bonds is 3. The molecule has 0 aliphatic heterocycles. The summed E-state index contributed by atoms with van der Waals surface area (Å²) in [5.74, 6) is 0.723. The lowest BCUT2D eigenvalue weighted by atomic mass is 10.1. The molecule has 0 bridgehead atoms. The van der Waals surface area contributed by atoms with E-state index in [0.29, 0.717) is 0 Å². The largest absolute Gasteiger partial charge is 0.476 e. The van der Waals surface area contributed by atoms with E-state index in [1.54, 1.807) is 6.92 Å². The topological polar surface area (TPSA) is 33.0 Å². The molecule has 0 amide bonds. The van der Waals surface area contributed by atoms with Crippen LogP contribution in [0.4, 0.5) is 0 Å². The highest BCUT2D eigenvalue weighted by molar-refractivity contribution is 5.64. The first-order valence-corrected chi connectivity index (χ1v) is 5.51. The van der Waals surface area contributed by atoms with Crippen LogP contribution in [-0.2, 0) is 0 Å². The number of nitrogens with zero attached hydrogens (tertiary/aromatic N) is 1. The van der Waals surface area contributed by atoms with Crippen molar-refractivity contribution in [3.8, 4) is 22.9 Å². The van der Waals surface area contributed by atoms with E-state index in [4.69, 9.17) is 10.00 Å². The molecule has 1 atom stereocenters. The van der Waals surface area contributed by atoms with Crippen molar-refractivity contribution in [1.29, 1.82) is 5.26 Å². The van der Waals surface area contributed by atoms with Gasteiger partial charge in [-0.05, 0) is 30.2 Å². The minimum Gasteiger partial charge on any atom is -0.476 e. The van der Waals surface area contributed by atoms with Crippen molar-refractivity contribution in [2.45, 2.75) is 13.0 Å². The molecule has 1 unspecified atom stereocenters. The minimum atomic E-state index is -0.430. The first-order valence-electron chi connectivity index (χ1n) is 5.51. The molecule has 0 N–H and O–H groups in total. The van der Waals surface area contributed by atoms with Crippen LogP contribution < -0.4 is 4.74 Å². The van der Waals surface area contributed by atoms with Crippen molar-refractivity contribution in [3.63, 3.8) is 0 Å². The van der Waals surface area contributed by atoms with Gasteiger partial charge in [-0.15, -0.1) is 0 Å². The summed E-state index contributed by atoms with van der Waals surface area (Å²) < 4.78 is 5.46. The highest BCUT2D eigenvalue weighted by Crippen LogP contribution is 2.23. The number of nitriles is 1. The molecule has 0 fully saturated rings. The predicted molar refractivity (Wildman–Crippen MR) is 67.6 cm³/mol. The van der Waals surface area contributed by atoms with Gasteiger partial charge in [0.2, 0.25) is 0 Å². The molecule has 0 aliphatic carbocycles. The fraction of sp³-hybridized carbons (Fsp3) is 0.133. The van der Waals surface area contributed by atoms with Crippen molar-refractivity contribution in [1.82, 2.24) is 0 Å². The van der Waals surface area contributed by atoms with E-state index in [1.807, 2.05) is 54.6 Å². The Hall–Kier alpha value is -2.27. The van der Waals surface area contributed by atoms with Crippen LogP contribution in [0.25, 0.3) is 11.1 Å². The van der Waals surface area contributed by atoms with Crippen molar-refractivity contribution >= 4 is 0 Å². The summed E-state index contributed by atoms with van der Waals surface area (Å²) in [5.41, 5.74) is 2.23. The van der Waals surface area contributed by atoms with Gasteiger partial charge in [0, 0.05) is 0 Å². The Morgan fingerprint density at radius 1 is 1.00 bits per heavy atom. The second kappa shape index (κ2) is 5.18. The summed E-state index contributed by atoms with van der Waals surface area (Å²) in [4.78, 5) is 0. The normalized spacial score (nSPS) is 11.5. The molecule has 84 valence electrons. The quantitative estimate of drug-likeness (QED) is 0.795. The van der Waals surface area contributed by atoms with Crippen molar-refractivity contribution in [2.24, 2.45) is 0 Å². The highest BCUT2D eigenvalue weighted by Gasteiger charge is 2.03. The van der Waals surface area contributed by atoms with E-state index in [0.717, 1.165) is 16.9 Å². The van der Waals surface area contributed by atoms with Crippen LogP contribution >= 0.6 is 0 Å². The Bertz CT molecular complexity index is 528. The molecule has 0 saturated heterocycles. The molecule has 2 aromatic rings. The van der Waals surface area contributed by atoms with Crippen LogP contribution in [0, 0.1) is 11.3 Å². The maximum Gasteiger partial charge on any atom is 0.181 e. The fourth-order valence-corrected chi connectivity index (χ4v) is 1.61. The van der Waals surface area contributed by atoms with Crippen LogP contribution in [-0.4, -0.2) is 6.10 Å². The van der Waals surface area contributed by atoms with Gasteiger partial charge in [0.1, 0.15) is 11.8 Å². The molecule has 2 nitrogen and oxygen atoms in total. The average Bonchev–Trinajstić information content (AvgIpc) is 2.40. The smallest absolute Gasteiger partial charge is 0.181 e. The molecule has 2 rings (SSSR count). The van der Waals surface area contributed by atoms with E-state index in [1.165, 1.54) is 0 Å². The van der Waals surface area contributed by atoms with Gasteiger partial charge < -0.3 is 4.74 Å². The SMILES string of the molecule is CC(C#N)Oc1cccc(-c2ccccc2)c1. The summed E-state index contributed by atoms with van der Waals surface area (Å²) >= 11 is 0. The first-order chi connectivity index (χ1) is 8.29. The van der Waals surface area contributed by atoms with Crippen LogP contribution in [0.3, 0.4) is 0 Å². The Balaban J connectivity index is 2.27. The molecular weight excluding hydrogens is 210 g/mol. The lowest BCUT2D eigenvalue weighted by Crippen LogP contribution is -2.07. The standard InChI is InChI=1S/C15H13NO/c1-12(11-16)17-15-9-5-8-14(10-15)13-6-3-2-4-7-13/h2-10,12H,1H3. The molecule has 0 aliphatic rings. The third-order valence-corrected chi connectivity index (χ3v) is 2.44. The van der Waals surface area contributed by atoms with Crippen molar-refractivity contribution in [2.75, 3.05) is 0 Å². The summed E-state index contributed by atoms with van der Waals surface area (Å²) in [5, 5.41) is 8.71. The number of ether oxygens (including phenoxy) is 1. The van der Waals surface area contributed by atoms with Crippen molar-refractivity contribution in [3.05, 3.63) is 54.6 Å². The maximum atomic E-state index is 8.71. The lowest BCUT2D eigenvalue weighted by Gasteiger charge is -2.09. The summed E-state index contributed by atoms with van der Waals surface area (Å²) in [7, 11) is 0. The summed E-state index contributed by atoms with van der Waals surface area (Å²) in [6.45, 7) is 1.73. The van der Waals surface area contributed by atoms with Gasteiger partial charge in [0.15, 0.2) is 6.10 Å². The second-order valence-corrected chi connectivity index (χ2v) is 3.78. The fourth-order valence-electron chi connectivity index (χ4n) is 1.61. The molecule has 2 heteroatoms. The van der Waals surface area contributed by atoms with Gasteiger partial charge in [0.05, 0.1) is 0 Å². The second-order valence-electron chi connectivity index (χ2n) is 3.78. The van der Waals surface area contributed by atoms with E-state index in [-0.39, 0.29) is 0 Å². The Morgan fingerprint density at radius 2 is 1.71 bits per heavy atom. The van der Waals surface area contributed by atoms with Gasteiger partial charge in [-0.1, -0.05) is 42.5 Å². The molecule has 0 radical (unpaired) electrons. The number of benzene rings is 2. The van der Waals surface area contributed by atoms with Crippen LogP contribution in [0.1, 0.15) is 6.92 Å². The van der Waals surface area contributed by atoms with Crippen LogP contribution in [0.2, 0.25) is 0 Å². The Morgan fingerprint density at radius 3 is 2.41 bits per heavy atom. The predicted octanol–water partition coefficient (Wildman–Crippen LogP) is 3.64.